The molecule has 0 saturated heterocycles. The molecule has 0 amide bonds. The zero-order valence-corrected chi connectivity index (χ0v) is 11.0. The molecule has 0 atom stereocenters. The molecule has 0 aromatic rings. The second-order valence-electron chi connectivity index (χ2n) is 5.80. The molecule has 0 fully saturated rings. The Morgan fingerprint density at radius 1 is 0.929 bits per heavy atom. The highest BCUT2D eigenvalue weighted by Gasteiger charge is 2.26. The Kier molecular flexibility index (Phi) is 5.73. The second kappa shape index (κ2) is 5.75. The maximum atomic E-state index is 3.35. The summed E-state index contributed by atoms with van der Waals surface area (Å²) >= 11 is 0. The van der Waals surface area contributed by atoms with E-state index < -0.39 is 0 Å². The highest BCUT2D eigenvalue weighted by atomic mass is 14.8. The minimum Gasteiger partial charge on any atom is -0.319 e. The van der Waals surface area contributed by atoms with Crippen molar-refractivity contribution in [3.05, 3.63) is 0 Å². The van der Waals surface area contributed by atoms with Gasteiger partial charge in [0.25, 0.3) is 0 Å². The van der Waals surface area contributed by atoms with Crippen LogP contribution >= 0.6 is 0 Å². The predicted octanol–water partition coefficient (Wildman–Crippen LogP) is 3.84. The van der Waals surface area contributed by atoms with Crippen molar-refractivity contribution in [2.45, 2.75) is 60.3 Å². The molecule has 0 aromatic carbocycles. The average Bonchev–Trinajstić information content (AvgIpc) is 2.11. The minimum atomic E-state index is 0.476. The Morgan fingerprint density at radius 2 is 1.43 bits per heavy atom. The number of rotatable bonds is 6. The SMILES string of the molecule is CCC(CC)(CCC(C)(C)C)CNC. The Hall–Kier alpha value is -0.0400. The average molecular weight is 199 g/mol. The van der Waals surface area contributed by atoms with Gasteiger partial charge < -0.3 is 5.32 Å². The largest absolute Gasteiger partial charge is 0.319 e. The quantitative estimate of drug-likeness (QED) is 0.685. The molecule has 0 aromatic heterocycles. The molecule has 1 nitrogen and oxygen atoms in total. The fraction of sp³-hybridized carbons (Fsp3) is 1.00. The van der Waals surface area contributed by atoms with Gasteiger partial charge in [-0.1, -0.05) is 34.6 Å². The first-order chi connectivity index (χ1) is 6.39. The molecule has 0 rings (SSSR count). The first-order valence-electron chi connectivity index (χ1n) is 6.04. The Balaban J connectivity index is 4.21. The van der Waals surface area contributed by atoms with Crippen molar-refractivity contribution in [3.63, 3.8) is 0 Å². The van der Waals surface area contributed by atoms with Gasteiger partial charge in [-0.05, 0) is 43.6 Å². The van der Waals surface area contributed by atoms with E-state index in [1.807, 2.05) is 0 Å². The molecule has 0 aliphatic carbocycles. The molecule has 1 heteroatoms. The van der Waals surface area contributed by atoms with E-state index in [1.54, 1.807) is 0 Å². The standard InChI is InChI=1S/C13H29N/c1-7-13(8-2,11-14-6)10-9-12(3,4)5/h14H,7-11H2,1-6H3. The third kappa shape index (κ3) is 4.99. The first kappa shape index (κ1) is 14.0. The van der Waals surface area contributed by atoms with E-state index in [1.165, 1.54) is 25.7 Å². The maximum Gasteiger partial charge on any atom is 0.000460 e. The summed E-state index contributed by atoms with van der Waals surface area (Å²) in [4.78, 5) is 0. The monoisotopic (exact) mass is 199 g/mol. The van der Waals surface area contributed by atoms with Gasteiger partial charge in [-0.3, -0.25) is 0 Å². The molecule has 0 radical (unpaired) electrons. The maximum absolute atomic E-state index is 3.35. The molecule has 86 valence electrons. The van der Waals surface area contributed by atoms with Gasteiger partial charge in [-0.15, -0.1) is 0 Å². The van der Waals surface area contributed by atoms with Crippen LogP contribution in [-0.2, 0) is 0 Å². The third-order valence-corrected chi connectivity index (χ3v) is 3.46. The van der Waals surface area contributed by atoms with Crippen molar-refractivity contribution >= 4 is 0 Å². The highest BCUT2D eigenvalue weighted by molar-refractivity contribution is 4.80. The smallest absolute Gasteiger partial charge is 0.000460 e. The summed E-state index contributed by atoms with van der Waals surface area (Å²) in [7, 11) is 2.07. The van der Waals surface area contributed by atoms with Crippen LogP contribution < -0.4 is 5.32 Å². The second-order valence-corrected chi connectivity index (χ2v) is 5.80. The van der Waals surface area contributed by atoms with E-state index >= 15 is 0 Å². The van der Waals surface area contributed by atoms with Crippen molar-refractivity contribution in [3.8, 4) is 0 Å². The molecule has 14 heavy (non-hydrogen) atoms. The summed E-state index contributed by atoms with van der Waals surface area (Å²) in [6.07, 6.45) is 5.27. The molecule has 0 aliphatic rings. The lowest BCUT2D eigenvalue weighted by Gasteiger charge is -2.34. The van der Waals surface area contributed by atoms with E-state index in [2.05, 4.69) is 47.0 Å². The van der Waals surface area contributed by atoms with Crippen LogP contribution in [0.3, 0.4) is 0 Å². The molecule has 0 saturated carbocycles. The van der Waals surface area contributed by atoms with Crippen LogP contribution in [0.4, 0.5) is 0 Å². The van der Waals surface area contributed by atoms with Crippen molar-refractivity contribution in [1.82, 2.24) is 5.32 Å². The molecular formula is C13H29N. The van der Waals surface area contributed by atoms with Gasteiger partial charge in [0.2, 0.25) is 0 Å². The summed E-state index contributed by atoms with van der Waals surface area (Å²) in [5, 5.41) is 3.35. The fourth-order valence-corrected chi connectivity index (χ4v) is 1.96. The zero-order chi connectivity index (χ0) is 11.2. The number of hydrogen-bond donors (Lipinski definition) is 1. The third-order valence-electron chi connectivity index (χ3n) is 3.46. The van der Waals surface area contributed by atoms with Crippen LogP contribution in [0, 0.1) is 10.8 Å². The fourth-order valence-electron chi connectivity index (χ4n) is 1.96. The minimum absolute atomic E-state index is 0.476. The van der Waals surface area contributed by atoms with Crippen molar-refractivity contribution in [2.75, 3.05) is 13.6 Å². The van der Waals surface area contributed by atoms with Gasteiger partial charge in [-0.2, -0.15) is 0 Å². The topological polar surface area (TPSA) is 12.0 Å². The molecule has 0 bridgehead atoms. The van der Waals surface area contributed by atoms with E-state index in [0.29, 0.717) is 10.8 Å². The van der Waals surface area contributed by atoms with Gasteiger partial charge >= 0.3 is 0 Å². The summed E-state index contributed by atoms with van der Waals surface area (Å²) in [6, 6.07) is 0. The van der Waals surface area contributed by atoms with E-state index in [4.69, 9.17) is 0 Å². The van der Waals surface area contributed by atoms with Gasteiger partial charge in [0.1, 0.15) is 0 Å². The lowest BCUT2D eigenvalue weighted by Crippen LogP contribution is -2.32. The molecule has 0 heterocycles. The molecule has 0 aliphatic heterocycles. The first-order valence-corrected chi connectivity index (χ1v) is 6.04. The van der Waals surface area contributed by atoms with Crippen LogP contribution in [0.25, 0.3) is 0 Å². The lowest BCUT2D eigenvalue weighted by molar-refractivity contribution is 0.192. The molecule has 0 spiro atoms. The summed E-state index contributed by atoms with van der Waals surface area (Å²) < 4.78 is 0. The highest BCUT2D eigenvalue weighted by Crippen LogP contribution is 2.35. The van der Waals surface area contributed by atoms with Crippen LogP contribution in [-0.4, -0.2) is 13.6 Å². The van der Waals surface area contributed by atoms with Gasteiger partial charge in [0.15, 0.2) is 0 Å². The zero-order valence-electron chi connectivity index (χ0n) is 11.0. The summed E-state index contributed by atoms with van der Waals surface area (Å²) in [5.74, 6) is 0. The van der Waals surface area contributed by atoms with Gasteiger partial charge in [0, 0.05) is 6.54 Å². The van der Waals surface area contributed by atoms with Gasteiger partial charge in [-0.25, -0.2) is 0 Å². The van der Waals surface area contributed by atoms with E-state index in [-0.39, 0.29) is 0 Å². The number of nitrogens with one attached hydrogen (secondary N) is 1. The molecule has 1 N–H and O–H groups in total. The lowest BCUT2D eigenvalue weighted by atomic mass is 9.74. The summed E-state index contributed by atoms with van der Waals surface area (Å²) in [6.45, 7) is 12.8. The Bertz CT molecular complexity index is 140. The Morgan fingerprint density at radius 3 is 1.71 bits per heavy atom. The number of hydrogen-bond acceptors (Lipinski definition) is 1. The van der Waals surface area contributed by atoms with E-state index in [0.717, 1.165) is 6.54 Å². The predicted molar refractivity (Wildman–Crippen MR) is 65.6 cm³/mol. The Labute approximate surface area is 90.7 Å². The van der Waals surface area contributed by atoms with Crippen LogP contribution in [0.5, 0.6) is 0 Å². The molecular weight excluding hydrogens is 170 g/mol. The normalized spacial score (nSPS) is 13.3. The van der Waals surface area contributed by atoms with Crippen LogP contribution in [0.15, 0.2) is 0 Å². The van der Waals surface area contributed by atoms with Gasteiger partial charge in [0.05, 0.1) is 0 Å². The molecule has 0 unspecified atom stereocenters. The van der Waals surface area contributed by atoms with E-state index in [9.17, 15) is 0 Å². The summed E-state index contributed by atoms with van der Waals surface area (Å²) in [5.41, 5.74) is 1.01. The van der Waals surface area contributed by atoms with Crippen LogP contribution in [0.2, 0.25) is 0 Å². The van der Waals surface area contributed by atoms with Crippen molar-refractivity contribution < 1.29 is 0 Å². The van der Waals surface area contributed by atoms with Crippen molar-refractivity contribution in [1.29, 1.82) is 0 Å². The van der Waals surface area contributed by atoms with Crippen molar-refractivity contribution in [2.24, 2.45) is 10.8 Å². The van der Waals surface area contributed by atoms with Crippen LogP contribution in [0.1, 0.15) is 60.3 Å².